The lowest BCUT2D eigenvalue weighted by Crippen LogP contribution is -2.52. The molecule has 1 aromatic heterocycles. The number of aromatic nitrogens is 3. The van der Waals surface area contributed by atoms with Gasteiger partial charge in [0.1, 0.15) is 0 Å². The molecule has 3 aromatic carbocycles. The minimum atomic E-state index is -0.902. The van der Waals surface area contributed by atoms with E-state index in [-0.39, 0.29) is 17.1 Å². The van der Waals surface area contributed by atoms with Gasteiger partial charge in [-0.2, -0.15) is 15.0 Å². The first-order valence-corrected chi connectivity index (χ1v) is 14.4. The lowest BCUT2D eigenvalue weighted by atomic mass is 10.0. The van der Waals surface area contributed by atoms with Gasteiger partial charge >= 0.3 is 17.1 Å². The zero-order chi connectivity index (χ0) is 32.5. The Labute approximate surface area is 257 Å². The summed E-state index contributed by atoms with van der Waals surface area (Å²) in [5.41, 5.74) is -0.0911. The van der Waals surface area contributed by atoms with Gasteiger partial charge in [0.15, 0.2) is 0 Å². The van der Waals surface area contributed by atoms with Crippen molar-refractivity contribution >= 4 is 18.2 Å². The average Bonchev–Trinajstić information content (AvgIpc) is 3.06. The molecule has 0 N–H and O–H groups in total. The molecule has 0 amide bonds. The van der Waals surface area contributed by atoms with Gasteiger partial charge in [0.05, 0.1) is 35.2 Å². The van der Waals surface area contributed by atoms with E-state index in [1.807, 2.05) is 20.8 Å². The predicted molar refractivity (Wildman–Crippen MR) is 167 cm³/mol. The van der Waals surface area contributed by atoms with Gasteiger partial charge in [0.2, 0.25) is 18.2 Å². The smallest absolute Gasteiger partial charge is 0.246 e. The molecule has 0 saturated carbocycles. The summed E-state index contributed by atoms with van der Waals surface area (Å²) in [6, 6.07) is 17.8. The number of hydrogen-bond acceptors (Lipinski definition) is 9. The van der Waals surface area contributed by atoms with Crippen LogP contribution in [0.15, 0.2) is 102 Å². The first-order valence-electron chi connectivity index (χ1n) is 14.4. The van der Waals surface area contributed by atoms with E-state index < -0.39 is 35.2 Å². The standard InChI is InChI=1S/C33H30N6O6/c1-4-28(34-19-40)22-7-13-25(14-8-22)37-31(43)38(26-15-9-23(10-16-26)29(5-2)35-20-41)33(45)39(32(37)44)27-17-11-24(12-18-27)30(6-3)36-21-42/h7-18,28-30H,4-6H2,1-3H3. The van der Waals surface area contributed by atoms with E-state index >= 15 is 0 Å². The number of hydrogen-bond donors (Lipinski definition) is 0. The lowest BCUT2D eigenvalue weighted by Gasteiger charge is -2.16. The fourth-order valence-electron chi connectivity index (χ4n) is 5.14. The zero-order valence-corrected chi connectivity index (χ0v) is 24.9. The molecule has 12 nitrogen and oxygen atoms in total. The molecule has 4 rings (SSSR count). The van der Waals surface area contributed by atoms with Crippen LogP contribution in [-0.2, 0) is 14.4 Å². The number of isocyanates is 3. The molecule has 0 aliphatic heterocycles. The quantitative estimate of drug-likeness (QED) is 0.171. The van der Waals surface area contributed by atoms with E-state index in [4.69, 9.17) is 0 Å². The number of aliphatic imine (C=N–C) groups is 3. The molecule has 0 bridgehead atoms. The van der Waals surface area contributed by atoms with Gasteiger partial charge in [-0.25, -0.2) is 42.5 Å². The van der Waals surface area contributed by atoms with Crippen LogP contribution >= 0.6 is 0 Å². The fourth-order valence-corrected chi connectivity index (χ4v) is 5.14. The van der Waals surface area contributed by atoms with E-state index in [1.54, 1.807) is 91.0 Å². The van der Waals surface area contributed by atoms with Gasteiger partial charge in [-0.15, -0.1) is 0 Å². The molecule has 0 radical (unpaired) electrons. The fraction of sp³-hybridized carbons (Fsp3) is 0.273. The van der Waals surface area contributed by atoms with Gasteiger partial charge < -0.3 is 0 Å². The van der Waals surface area contributed by atoms with Crippen LogP contribution in [0.3, 0.4) is 0 Å². The van der Waals surface area contributed by atoms with Crippen LogP contribution in [0.5, 0.6) is 0 Å². The van der Waals surface area contributed by atoms with Gasteiger partial charge in [-0.1, -0.05) is 57.2 Å². The maximum absolute atomic E-state index is 13.9. The Kier molecular flexibility index (Phi) is 10.4. The second-order valence-electron chi connectivity index (χ2n) is 10.1. The molecule has 12 heteroatoms. The van der Waals surface area contributed by atoms with Gasteiger partial charge in [0, 0.05) is 0 Å². The SMILES string of the molecule is CCC(N=C=O)c1ccc(-n2c(=O)n(-c3ccc(C(CC)N=C=O)cc3)c(=O)n(-c3ccc(C(CC)N=C=O)cc3)c2=O)cc1. The Morgan fingerprint density at radius 1 is 0.467 bits per heavy atom. The van der Waals surface area contributed by atoms with Crippen molar-refractivity contribution in [2.45, 2.75) is 58.2 Å². The molecular weight excluding hydrogens is 576 g/mol. The number of rotatable bonds is 12. The number of nitrogens with zero attached hydrogens (tertiary/aromatic N) is 6. The Morgan fingerprint density at radius 3 is 0.867 bits per heavy atom. The highest BCUT2D eigenvalue weighted by Gasteiger charge is 2.21. The molecule has 1 heterocycles. The van der Waals surface area contributed by atoms with Crippen molar-refractivity contribution in [3.63, 3.8) is 0 Å². The van der Waals surface area contributed by atoms with Crippen LogP contribution in [0.25, 0.3) is 17.1 Å². The third-order valence-electron chi connectivity index (χ3n) is 7.54. The minimum absolute atomic E-state index is 0.187. The third-order valence-corrected chi connectivity index (χ3v) is 7.54. The van der Waals surface area contributed by atoms with Crippen LogP contribution in [0.1, 0.15) is 74.8 Å². The van der Waals surface area contributed by atoms with E-state index in [1.165, 1.54) is 0 Å². The molecule has 0 spiro atoms. The molecule has 0 saturated heterocycles. The van der Waals surface area contributed by atoms with Crippen LogP contribution < -0.4 is 17.1 Å². The Morgan fingerprint density at radius 2 is 0.689 bits per heavy atom. The molecule has 0 aliphatic rings. The topological polar surface area (TPSA) is 154 Å². The summed E-state index contributed by atoms with van der Waals surface area (Å²) in [4.78, 5) is 85.8. The lowest BCUT2D eigenvalue weighted by molar-refractivity contribution is 0.555. The maximum Gasteiger partial charge on any atom is 0.345 e. The van der Waals surface area contributed by atoms with Gasteiger partial charge in [-0.3, -0.25) is 0 Å². The second-order valence-corrected chi connectivity index (χ2v) is 10.1. The van der Waals surface area contributed by atoms with Crippen molar-refractivity contribution in [3.05, 3.63) is 121 Å². The maximum atomic E-state index is 13.9. The predicted octanol–water partition coefficient (Wildman–Crippen LogP) is 4.50. The average molecular weight is 607 g/mol. The van der Waals surface area contributed by atoms with Crippen molar-refractivity contribution in [1.29, 1.82) is 0 Å². The normalized spacial score (nSPS) is 12.6. The highest BCUT2D eigenvalue weighted by atomic mass is 16.2. The van der Waals surface area contributed by atoms with Crippen LogP contribution in [0.2, 0.25) is 0 Å². The van der Waals surface area contributed by atoms with E-state index in [0.29, 0.717) is 36.0 Å². The Balaban J connectivity index is 1.97. The van der Waals surface area contributed by atoms with Crippen LogP contribution in [0.4, 0.5) is 0 Å². The summed E-state index contributed by atoms with van der Waals surface area (Å²) in [5, 5.41) is 0. The molecule has 0 fully saturated rings. The number of benzene rings is 3. The van der Waals surface area contributed by atoms with Crippen LogP contribution in [-0.4, -0.2) is 31.9 Å². The first-order chi connectivity index (χ1) is 21.8. The van der Waals surface area contributed by atoms with Gasteiger partial charge in [-0.05, 0) is 72.4 Å². The molecular formula is C33H30N6O6. The molecule has 3 atom stereocenters. The summed E-state index contributed by atoms with van der Waals surface area (Å²) < 4.78 is 2.65. The highest BCUT2D eigenvalue weighted by Crippen LogP contribution is 2.24. The van der Waals surface area contributed by atoms with Crippen molar-refractivity contribution in [3.8, 4) is 17.1 Å². The Bertz CT molecular complexity index is 1730. The van der Waals surface area contributed by atoms with Gasteiger partial charge in [0.25, 0.3) is 0 Å². The summed E-state index contributed by atoms with van der Waals surface area (Å²) in [7, 11) is 0. The summed E-state index contributed by atoms with van der Waals surface area (Å²) in [5.74, 6) is 0. The van der Waals surface area contributed by atoms with Crippen LogP contribution in [0, 0.1) is 0 Å². The van der Waals surface area contributed by atoms with Crippen molar-refractivity contribution in [2.75, 3.05) is 0 Å². The van der Waals surface area contributed by atoms with Crippen molar-refractivity contribution in [2.24, 2.45) is 15.0 Å². The minimum Gasteiger partial charge on any atom is -0.246 e. The van der Waals surface area contributed by atoms with E-state index in [2.05, 4.69) is 15.0 Å². The third kappa shape index (κ3) is 6.59. The largest absolute Gasteiger partial charge is 0.345 e. The summed E-state index contributed by atoms with van der Waals surface area (Å²) >= 11 is 0. The number of carbonyl (C=O) groups excluding carboxylic acids is 3. The Hall–Kier alpha value is -5.79. The molecule has 4 aromatic rings. The van der Waals surface area contributed by atoms with Crippen molar-refractivity contribution < 1.29 is 14.4 Å². The molecule has 0 aliphatic carbocycles. The molecule has 228 valence electrons. The van der Waals surface area contributed by atoms with E-state index in [9.17, 15) is 28.8 Å². The highest BCUT2D eigenvalue weighted by molar-refractivity contribution is 5.43. The first kappa shape index (κ1) is 32.1. The second kappa shape index (κ2) is 14.6. The van der Waals surface area contributed by atoms with Crippen molar-refractivity contribution in [1.82, 2.24) is 13.7 Å². The molecule has 3 unspecified atom stereocenters. The van der Waals surface area contributed by atoms with E-state index in [0.717, 1.165) is 13.7 Å². The monoisotopic (exact) mass is 606 g/mol. The summed E-state index contributed by atoms with van der Waals surface area (Å²) in [6.07, 6.45) is 6.29. The summed E-state index contributed by atoms with van der Waals surface area (Å²) in [6.45, 7) is 5.57. The molecule has 45 heavy (non-hydrogen) atoms. The zero-order valence-electron chi connectivity index (χ0n) is 24.9.